The minimum Gasteiger partial charge on any atom is -0.437 e. The number of nitrogens with zero attached hydrogens (tertiary/aromatic N) is 4. The largest absolute Gasteiger partial charge is 0.437 e. The van der Waals surface area contributed by atoms with Crippen LogP contribution in [0.2, 0.25) is 0 Å². The van der Waals surface area contributed by atoms with Crippen molar-refractivity contribution in [1.82, 2.24) is 19.6 Å². The van der Waals surface area contributed by atoms with Gasteiger partial charge in [0.15, 0.2) is 17.2 Å². The summed E-state index contributed by atoms with van der Waals surface area (Å²) in [5, 5.41) is 5.24. The van der Waals surface area contributed by atoms with Crippen molar-refractivity contribution in [3.05, 3.63) is 104 Å². The zero-order valence-corrected chi connectivity index (χ0v) is 19.0. The Morgan fingerprint density at radius 2 is 1.86 bits per heavy atom. The van der Waals surface area contributed by atoms with Gasteiger partial charge in [-0.25, -0.2) is 23.7 Å². The first-order valence-electron chi connectivity index (χ1n) is 10.9. The average Bonchev–Trinajstić information content (AvgIpc) is 3.49. The summed E-state index contributed by atoms with van der Waals surface area (Å²) in [6.07, 6.45) is 1.53. The first kappa shape index (κ1) is 20.0. The molecule has 35 heavy (non-hydrogen) atoms. The second-order valence-electron chi connectivity index (χ2n) is 8.29. The van der Waals surface area contributed by atoms with Crippen molar-refractivity contribution in [2.24, 2.45) is 0 Å². The van der Waals surface area contributed by atoms with E-state index < -0.39 is 11.5 Å². The molecule has 4 aromatic heterocycles. The summed E-state index contributed by atoms with van der Waals surface area (Å²) in [5.41, 5.74) is 2.17. The van der Waals surface area contributed by atoms with Gasteiger partial charge in [0.2, 0.25) is 5.88 Å². The summed E-state index contributed by atoms with van der Waals surface area (Å²) >= 11 is 1.59. The molecule has 7 nitrogen and oxygen atoms in total. The Balaban J connectivity index is 1.54. The lowest BCUT2D eigenvalue weighted by Gasteiger charge is -2.26. The highest BCUT2D eigenvalue weighted by Gasteiger charge is 2.38. The van der Waals surface area contributed by atoms with Gasteiger partial charge in [-0.15, -0.1) is 16.4 Å². The van der Waals surface area contributed by atoms with Crippen LogP contribution < -0.4 is 10.4 Å². The number of fused-ring (bicyclic) bond motifs is 6. The SMILES string of the molecule is Cc1ccc(C2c3c(c4ccccc4oc3=O)Oc3ncn4nc(-c5ccc(F)cc5)nc4c32)s1. The van der Waals surface area contributed by atoms with Crippen LogP contribution in [0.25, 0.3) is 28.0 Å². The molecular formula is C26H15FN4O3S. The van der Waals surface area contributed by atoms with Gasteiger partial charge in [0.25, 0.3) is 0 Å². The van der Waals surface area contributed by atoms with Gasteiger partial charge >= 0.3 is 5.63 Å². The highest BCUT2D eigenvalue weighted by molar-refractivity contribution is 7.12. The highest BCUT2D eigenvalue weighted by Crippen LogP contribution is 2.50. The van der Waals surface area contributed by atoms with E-state index in [4.69, 9.17) is 14.1 Å². The van der Waals surface area contributed by atoms with E-state index in [1.807, 2.05) is 37.3 Å². The molecule has 9 heteroatoms. The average molecular weight is 482 g/mol. The van der Waals surface area contributed by atoms with Gasteiger partial charge < -0.3 is 9.15 Å². The molecule has 0 N–H and O–H groups in total. The van der Waals surface area contributed by atoms with E-state index in [2.05, 4.69) is 10.1 Å². The molecule has 170 valence electrons. The van der Waals surface area contributed by atoms with Crippen LogP contribution in [0.1, 0.15) is 26.8 Å². The molecule has 0 saturated heterocycles. The zero-order valence-electron chi connectivity index (χ0n) is 18.2. The smallest absolute Gasteiger partial charge is 0.344 e. The van der Waals surface area contributed by atoms with Crippen LogP contribution in [0.3, 0.4) is 0 Å². The topological polar surface area (TPSA) is 82.5 Å². The summed E-state index contributed by atoms with van der Waals surface area (Å²) in [7, 11) is 0. The summed E-state index contributed by atoms with van der Waals surface area (Å²) in [4.78, 5) is 24.7. The molecule has 0 aliphatic carbocycles. The normalized spacial score (nSPS) is 14.6. The molecular weight excluding hydrogens is 467 g/mol. The standard InChI is InChI=1S/C26H15FN4O3S/c1-13-6-11-18(35-13)19-20-22(16-4-2-3-5-17(16)33-26(20)32)34-25-21(19)24-29-23(30-31(24)12-28-25)14-7-9-15(27)10-8-14/h2-12,19H,1H3. The monoisotopic (exact) mass is 482 g/mol. The number of para-hydroxylation sites is 1. The Kier molecular flexibility index (Phi) is 4.19. The van der Waals surface area contributed by atoms with Crippen molar-refractivity contribution in [2.75, 3.05) is 0 Å². The number of hydrogen-bond acceptors (Lipinski definition) is 7. The van der Waals surface area contributed by atoms with E-state index in [1.54, 1.807) is 34.1 Å². The van der Waals surface area contributed by atoms with Crippen molar-refractivity contribution in [1.29, 1.82) is 0 Å². The third-order valence-electron chi connectivity index (χ3n) is 6.11. The molecule has 7 rings (SSSR count). The number of aromatic nitrogens is 4. The van der Waals surface area contributed by atoms with Crippen LogP contribution in [-0.4, -0.2) is 19.6 Å². The summed E-state index contributed by atoms with van der Waals surface area (Å²) in [6.45, 7) is 2.01. The molecule has 6 aromatic rings. The lowest BCUT2D eigenvalue weighted by Crippen LogP contribution is -2.21. The second kappa shape index (κ2) is 7.31. The molecule has 0 fully saturated rings. The number of aryl methyl sites for hydroxylation is 1. The van der Waals surface area contributed by atoms with Crippen molar-refractivity contribution < 1.29 is 13.5 Å². The molecule has 0 spiro atoms. The van der Waals surface area contributed by atoms with E-state index >= 15 is 0 Å². The van der Waals surface area contributed by atoms with Gasteiger partial charge in [-0.05, 0) is 55.5 Å². The van der Waals surface area contributed by atoms with Crippen molar-refractivity contribution in [2.45, 2.75) is 12.8 Å². The van der Waals surface area contributed by atoms with Gasteiger partial charge in [-0.3, -0.25) is 0 Å². The van der Waals surface area contributed by atoms with Gasteiger partial charge in [-0.2, -0.15) is 0 Å². The van der Waals surface area contributed by atoms with Gasteiger partial charge in [0.05, 0.1) is 22.4 Å². The lowest BCUT2D eigenvalue weighted by atomic mass is 9.88. The molecule has 0 radical (unpaired) electrons. The number of ether oxygens (including phenoxy) is 1. The van der Waals surface area contributed by atoms with E-state index in [9.17, 15) is 9.18 Å². The lowest BCUT2D eigenvalue weighted by molar-refractivity contribution is 0.423. The minimum absolute atomic E-state index is 0.339. The van der Waals surface area contributed by atoms with Gasteiger partial charge in [-0.1, -0.05) is 12.1 Å². The summed E-state index contributed by atoms with van der Waals surface area (Å²) in [5.74, 6) is 0.367. The molecule has 1 unspecified atom stereocenters. The summed E-state index contributed by atoms with van der Waals surface area (Å²) < 4.78 is 27.0. The third-order valence-corrected chi connectivity index (χ3v) is 7.18. The third kappa shape index (κ3) is 3.01. The van der Waals surface area contributed by atoms with Crippen molar-refractivity contribution in [3.63, 3.8) is 0 Å². The summed E-state index contributed by atoms with van der Waals surface area (Å²) in [6, 6.07) is 17.3. The number of thiophene rings is 1. The van der Waals surface area contributed by atoms with E-state index in [-0.39, 0.29) is 5.82 Å². The molecule has 1 aliphatic rings. The van der Waals surface area contributed by atoms with Crippen LogP contribution in [0.15, 0.2) is 76.2 Å². The number of rotatable bonds is 2. The molecule has 0 bridgehead atoms. The molecule has 1 atom stereocenters. The molecule has 0 amide bonds. The second-order valence-corrected chi connectivity index (χ2v) is 9.61. The van der Waals surface area contributed by atoms with Crippen LogP contribution in [0.4, 0.5) is 4.39 Å². The maximum Gasteiger partial charge on any atom is 0.344 e. The fourth-order valence-corrected chi connectivity index (χ4v) is 5.54. The number of hydrogen-bond donors (Lipinski definition) is 0. The van der Waals surface area contributed by atoms with Gasteiger partial charge in [0, 0.05) is 15.3 Å². The maximum absolute atomic E-state index is 13.5. The van der Waals surface area contributed by atoms with Crippen LogP contribution in [0.5, 0.6) is 11.6 Å². The molecule has 5 heterocycles. The quantitative estimate of drug-likeness (QED) is 0.294. The molecule has 1 aliphatic heterocycles. The Morgan fingerprint density at radius 3 is 2.66 bits per heavy atom. The predicted octanol–water partition coefficient (Wildman–Crippen LogP) is 5.69. The maximum atomic E-state index is 13.5. The van der Waals surface area contributed by atoms with E-state index in [0.717, 1.165) is 9.75 Å². The predicted molar refractivity (Wildman–Crippen MR) is 129 cm³/mol. The first-order chi connectivity index (χ1) is 17.1. The van der Waals surface area contributed by atoms with E-state index in [0.29, 0.717) is 50.8 Å². The Morgan fingerprint density at radius 1 is 1.03 bits per heavy atom. The van der Waals surface area contributed by atoms with E-state index in [1.165, 1.54) is 18.5 Å². The number of halogens is 1. The van der Waals surface area contributed by atoms with Crippen LogP contribution in [-0.2, 0) is 0 Å². The highest BCUT2D eigenvalue weighted by atomic mass is 32.1. The van der Waals surface area contributed by atoms with Crippen LogP contribution in [0, 0.1) is 12.7 Å². The molecule has 0 saturated carbocycles. The Hall–Kier alpha value is -4.37. The number of benzene rings is 2. The fraction of sp³-hybridized carbons (Fsp3) is 0.0769. The zero-order chi connectivity index (χ0) is 23.7. The minimum atomic E-state index is -0.505. The Labute approximate surface area is 201 Å². The Bertz CT molecular complexity index is 1840. The van der Waals surface area contributed by atoms with Crippen molar-refractivity contribution >= 4 is 28.0 Å². The molecule has 2 aromatic carbocycles. The van der Waals surface area contributed by atoms with Gasteiger partial charge in [0.1, 0.15) is 17.7 Å². The van der Waals surface area contributed by atoms with Crippen molar-refractivity contribution in [3.8, 4) is 23.0 Å². The fourth-order valence-electron chi connectivity index (χ4n) is 4.54. The van der Waals surface area contributed by atoms with Crippen LogP contribution >= 0.6 is 11.3 Å². The first-order valence-corrected chi connectivity index (χ1v) is 11.7.